The van der Waals surface area contributed by atoms with E-state index >= 15 is 0 Å². The minimum absolute atomic E-state index is 0.326. The molecule has 0 saturated carbocycles. The zero-order valence-corrected chi connectivity index (χ0v) is 23.3. The summed E-state index contributed by atoms with van der Waals surface area (Å²) < 4.78 is 2.23. The maximum atomic E-state index is 13.1. The van der Waals surface area contributed by atoms with Crippen molar-refractivity contribution in [2.24, 2.45) is 0 Å². The summed E-state index contributed by atoms with van der Waals surface area (Å²) in [6, 6.07) is 27.1. The van der Waals surface area contributed by atoms with E-state index in [1.807, 2.05) is 37.3 Å². The summed E-state index contributed by atoms with van der Waals surface area (Å²) in [7, 11) is 0. The normalized spacial score (nSPS) is 11.1. The number of amides is 1. The molecule has 0 fully saturated rings. The van der Waals surface area contributed by atoms with E-state index in [-0.39, 0.29) is 5.91 Å². The van der Waals surface area contributed by atoms with Crippen LogP contribution >= 0.6 is 0 Å². The molecule has 4 aromatic carbocycles. The molecule has 2 N–H and O–H groups in total. The molecule has 0 aliphatic carbocycles. The molecule has 208 valence electrons. The average molecular weight is 556 g/mol. The first-order valence-corrected chi connectivity index (χ1v) is 13.8. The van der Waals surface area contributed by atoms with Gasteiger partial charge in [-0.3, -0.25) is 9.59 Å². The minimum atomic E-state index is -0.326. The van der Waals surface area contributed by atoms with E-state index in [4.69, 9.17) is 4.98 Å². The van der Waals surface area contributed by atoms with Crippen LogP contribution in [0.5, 0.6) is 0 Å². The number of imidazole rings is 1. The summed E-state index contributed by atoms with van der Waals surface area (Å²) in [6.07, 6.45) is 2.49. The van der Waals surface area contributed by atoms with Gasteiger partial charge in [0, 0.05) is 29.8 Å². The van der Waals surface area contributed by atoms with Crippen LogP contribution in [0.1, 0.15) is 51.0 Å². The molecule has 9 nitrogen and oxygen atoms in total. The monoisotopic (exact) mass is 555 g/mol. The molecule has 2 heterocycles. The number of fused-ring (bicyclic) bond motifs is 1. The number of benzene rings is 4. The highest BCUT2D eigenvalue weighted by Crippen LogP contribution is 2.31. The summed E-state index contributed by atoms with van der Waals surface area (Å²) in [5.74, 6) is 1.22. The molecule has 0 unspecified atom stereocenters. The predicted octanol–water partition coefficient (Wildman–Crippen LogP) is 6.26. The first-order chi connectivity index (χ1) is 20.6. The third-order valence-electron chi connectivity index (χ3n) is 7.31. The van der Waals surface area contributed by atoms with Gasteiger partial charge in [0.2, 0.25) is 5.82 Å². The van der Waals surface area contributed by atoms with Crippen LogP contribution in [-0.2, 0) is 13.0 Å². The molecule has 0 atom stereocenters. The number of tetrazole rings is 1. The fraction of sp³-hybridized carbons (Fsp3) is 0.152. The molecule has 0 bridgehead atoms. The van der Waals surface area contributed by atoms with E-state index in [1.54, 1.807) is 24.3 Å². The Balaban J connectivity index is 1.33. The average Bonchev–Trinajstić information content (AvgIpc) is 3.67. The van der Waals surface area contributed by atoms with Crippen LogP contribution < -0.4 is 5.32 Å². The molecule has 1 amide bonds. The maximum Gasteiger partial charge on any atom is 0.256 e. The van der Waals surface area contributed by atoms with Crippen molar-refractivity contribution < 1.29 is 9.59 Å². The second kappa shape index (κ2) is 11.6. The summed E-state index contributed by atoms with van der Waals surface area (Å²) in [5, 5.41) is 17.5. The largest absolute Gasteiger partial charge is 0.323 e. The van der Waals surface area contributed by atoms with Gasteiger partial charge in [-0.1, -0.05) is 73.7 Å². The second-order valence-electron chi connectivity index (χ2n) is 10.2. The van der Waals surface area contributed by atoms with E-state index in [2.05, 4.69) is 67.8 Å². The first-order valence-electron chi connectivity index (χ1n) is 13.8. The quantitative estimate of drug-likeness (QED) is 0.203. The highest BCUT2D eigenvalue weighted by atomic mass is 16.1. The highest BCUT2D eigenvalue weighted by molar-refractivity contribution is 6.09. The highest BCUT2D eigenvalue weighted by Gasteiger charge is 2.17. The van der Waals surface area contributed by atoms with E-state index in [9.17, 15) is 9.59 Å². The van der Waals surface area contributed by atoms with Crippen molar-refractivity contribution >= 4 is 28.9 Å². The van der Waals surface area contributed by atoms with Crippen LogP contribution in [0.4, 0.5) is 5.69 Å². The van der Waals surface area contributed by atoms with Gasteiger partial charge in [-0.2, -0.15) is 5.21 Å². The van der Waals surface area contributed by atoms with E-state index in [0.717, 1.165) is 57.5 Å². The summed E-state index contributed by atoms with van der Waals surface area (Å²) in [4.78, 5) is 29.5. The van der Waals surface area contributed by atoms with Crippen LogP contribution in [-0.4, -0.2) is 42.4 Å². The molecule has 6 rings (SSSR count). The molecular weight excluding hydrogens is 526 g/mol. The fourth-order valence-corrected chi connectivity index (χ4v) is 5.29. The molecule has 0 aliphatic heterocycles. The fourth-order valence-electron chi connectivity index (χ4n) is 5.29. The number of aromatic nitrogens is 6. The van der Waals surface area contributed by atoms with Crippen molar-refractivity contribution in [3.8, 4) is 22.5 Å². The first kappa shape index (κ1) is 26.8. The lowest BCUT2D eigenvalue weighted by Crippen LogP contribution is -2.14. The van der Waals surface area contributed by atoms with E-state index < -0.39 is 0 Å². The van der Waals surface area contributed by atoms with Crippen LogP contribution in [0.2, 0.25) is 0 Å². The van der Waals surface area contributed by atoms with Gasteiger partial charge in [0.25, 0.3) is 5.91 Å². The molecule has 42 heavy (non-hydrogen) atoms. The van der Waals surface area contributed by atoms with Crippen molar-refractivity contribution in [1.82, 2.24) is 30.2 Å². The van der Waals surface area contributed by atoms with Crippen LogP contribution in [0, 0.1) is 6.92 Å². The zero-order valence-electron chi connectivity index (χ0n) is 23.3. The molecule has 2 aromatic heterocycles. The van der Waals surface area contributed by atoms with Crippen LogP contribution in [0.15, 0.2) is 84.9 Å². The lowest BCUT2D eigenvalue weighted by molar-refractivity contribution is 0.101. The Bertz CT molecular complexity index is 1890. The number of rotatable bonds is 9. The van der Waals surface area contributed by atoms with Gasteiger partial charge in [-0.25, -0.2) is 4.98 Å². The number of aromatic amines is 1. The van der Waals surface area contributed by atoms with Crippen molar-refractivity contribution in [3.05, 3.63) is 113 Å². The molecular formula is C33H29N7O2. The Morgan fingerprint density at radius 1 is 0.976 bits per heavy atom. The lowest BCUT2D eigenvalue weighted by atomic mass is 9.98. The predicted molar refractivity (Wildman–Crippen MR) is 162 cm³/mol. The molecule has 9 heteroatoms. The van der Waals surface area contributed by atoms with Crippen molar-refractivity contribution in [2.45, 2.75) is 33.2 Å². The van der Waals surface area contributed by atoms with Crippen molar-refractivity contribution in [3.63, 3.8) is 0 Å². The molecule has 0 aliphatic rings. The number of hydrogen-bond donors (Lipinski definition) is 2. The number of hydrogen-bond acceptors (Lipinski definition) is 6. The van der Waals surface area contributed by atoms with Gasteiger partial charge >= 0.3 is 0 Å². The Hall–Kier alpha value is -5.44. The molecule has 0 spiro atoms. The summed E-state index contributed by atoms with van der Waals surface area (Å²) in [6.45, 7) is 4.77. The lowest BCUT2D eigenvalue weighted by Gasteiger charge is -2.13. The van der Waals surface area contributed by atoms with Gasteiger partial charge in [-0.05, 0) is 59.0 Å². The van der Waals surface area contributed by atoms with Gasteiger partial charge in [0.15, 0.2) is 6.29 Å². The van der Waals surface area contributed by atoms with Crippen molar-refractivity contribution in [2.75, 3.05) is 5.32 Å². The number of aryl methyl sites for hydroxylation is 2. The third kappa shape index (κ3) is 5.19. The summed E-state index contributed by atoms with van der Waals surface area (Å²) >= 11 is 0. The van der Waals surface area contributed by atoms with Gasteiger partial charge in [0.1, 0.15) is 5.82 Å². The number of anilines is 1. The van der Waals surface area contributed by atoms with Gasteiger partial charge in [0.05, 0.1) is 16.6 Å². The third-order valence-corrected chi connectivity index (χ3v) is 7.31. The van der Waals surface area contributed by atoms with E-state index in [1.165, 1.54) is 0 Å². The molecule has 0 saturated heterocycles. The second-order valence-corrected chi connectivity index (χ2v) is 10.2. The van der Waals surface area contributed by atoms with Gasteiger partial charge < -0.3 is 9.88 Å². The standard InChI is InChI=1S/C33H29N7O2/c1-3-8-30-35-31-21(2)17-25(34-33(42)27-11-5-4-9-24(27)20-41)18-29(31)40(30)19-22-13-15-23(16-14-22)26-10-6-7-12-28(26)32-36-38-39-37-32/h4-7,9-18,20H,3,8,19H2,1-2H3,(H,34,42)(H,36,37,38,39). The maximum absolute atomic E-state index is 13.1. The topological polar surface area (TPSA) is 118 Å². The zero-order chi connectivity index (χ0) is 29.1. The number of carbonyl (C=O) groups excluding carboxylic acids is 2. The van der Waals surface area contributed by atoms with E-state index in [0.29, 0.717) is 35.5 Å². The minimum Gasteiger partial charge on any atom is -0.323 e. The van der Waals surface area contributed by atoms with Crippen molar-refractivity contribution in [1.29, 1.82) is 0 Å². The number of carbonyl (C=O) groups is 2. The van der Waals surface area contributed by atoms with Crippen LogP contribution in [0.25, 0.3) is 33.5 Å². The number of aldehydes is 1. The Labute approximate surface area is 242 Å². The summed E-state index contributed by atoms with van der Waals surface area (Å²) in [5.41, 5.74) is 8.29. The SMILES string of the molecule is CCCc1nc2c(C)cc(NC(=O)c3ccccc3C=O)cc2n1Cc1ccc(-c2ccccc2-c2nn[nH]n2)cc1. The number of nitrogens with one attached hydrogen (secondary N) is 2. The van der Waals surface area contributed by atoms with Crippen LogP contribution in [0.3, 0.4) is 0 Å². The van der Waals surface area contributed by atoms with Gasteiger partial charge in [-0.15, -0.1) is 10.2 Å². The Morgan fingerprint density at radius 3 is 2.48 bits per heavy atom. The Morgan fingerprint density at radius 2 is 1.74 bits per heavy atom. The smallest absolute Gasteiger partial charge is 0.256 e. The number of nitrogens with zero attached hydrogens (tertiary/aromatic N) is 5. The Kier molecular flexibility index (Phi) is 7.38. The molecule has 6 aromatic rings. The number of H-pyrrole nitrogens is 1. The molecule has 0 radical (unpaired) electrons.